The van der Waals surface area contributed by atoms with Crippen LogP contribution in [0.3, 0.4) is 0 Å². The van der Waals surface area contributed by atoms with Crippen molar-refractivity contribution in [3.8, 4) is 0 Å². The van der Waals surface area contributed by atoms with E-state index in [0.717, 1.165) is 49.1 Å². The van der Waals surface area contributed by atoms with Crippen LogP contribution >= 0.6 is 0 Å². The predicted octanol–water partition coefficient (Wildman–Crippen LogP) is 4.60. The molecule has 2 N–H and O–H groups in total. The molecule has 1 aliphatic heterocycles. The van der Waals surface area contributed by atoms with Crippen molar-refractivity contribution in [2.45, 2.75) is 64.3 Å². The van der Waals surface area contributed by atoms with Gasteiger partial charge in [-0.05, 0) is 43.9 Å². The van der Waals surface area contributed by atoms with Gasteiger partial charge in [0.1, 0.15) is 17.2 Å². The number of fused-ring (bicyclic) bond motifs is 4. The maximum absolute atomic E-state index is 12.6. The first-order valence-corrected chi connectivity index (χ1v) is 12.3. The Balaban J connectivity index is 1.42. The average molecular weight is 448 g/mol. The van der Waals surface area contributed by atoms with Crippen molar-refractivity contribution in [1.29, 1.82) is 0 Å². The van der Waals surface area contributed by atoms with Crippen molar-refractivity contribution in [1.82, 2.24) is 24.8 Å². The smallest absolute Gasteiger partial charge is 0.268 e. The average Bonchev–Trinajstić information content (AvgIpc) is 3.46. The van der Waals surface area contributed by atoms with E-state index in [0.29, 0.717) is 24.0 Å². The molecule has 1 saturated carbocycles. The molecular weight excluding hydrogens is 414 g/mol. The van der Waals surface area contributed by atoms with Crippen LogP contribution in [0.25, 0.3) is 11.0 Å². The van der Waals surface area contributed by atoms with Gasteiger partial charge in [0.2, 0.25) is 5.95 Å². The molecule has 0 bridgehead atoms. The van der Waals surface area contributed by atoms with Crippen LogP contribution in [0.2, 0.25) is 0 Å². The Kier molecular flexibility index (Phi) is 5.91. The number of amides is 1. The Morgan fingerprint density at radius 2 is 1.97 bits per heavy atom. The molecule has 0 radical (unpaired) electrons. The Morgan fingerprint density at radius 3 is 2.70 bits per heavy atom. The van der Waals surface area contributed by atoms with Crippen molar-refractivity contribution in [2.75, 3.05) is 29.9 Å². The van der Waals surface area contributed by atoms with E-state index in [9.17, 15) is 4.79 Å². The number of carbonyl (C=O) groups excluding carboxylic acids is 1. The molecule has 0 aromatic carbocycles. The molecule has 1 aliphatic carbocycles. The topological polar surface area (TPSA) is 88.0 Å². The van der Waals surface area contributed by atoms with E-state index < -0.39 is 0 Å². The van der Waals surface area contributed by atoms with Gasteiger partial charge in [0.25, 0.3) is 5.91 Å². The van der Waals surface area contributed by atoms with Gasteiger partial charge in [-0.2, -0.15) is 4.98 Å². The van der Waals surface area contributed by atoms with E-state index in [1.165, 1.54) is 25.7 Å². The van der Waals surface area contributed by atoms with Gasteiger partial charge in [-0.3, -0.25) is 4.79 Å². The summed E-state index contributed by atoms with van der Waals surface area (Å²) in [5.74, 6) is 1.18. The quantitative estimate of drug-likeness (QED) is 0.525. The standard InChI is InChI=1S/C25H33N7O/c1-3-5-13-31(12-4-2)19-8-9-21(26-16-19)29-24-27-15-18-14-20-23(33)28-17-25(10-6-7-11-25)32(20)22(18)30-24/h8-9,14-16H,3-7,10-13,17H2,1-2H3,(H,28,33)(H,26,27,29,30). The van der Waals surface area contributed by atoms with Crippen molar-refractivity contribution in [3.63, 3.8) is 0 Å². The number of aromatic nitrogens is 4. The molecule has 1 fully saturated rings. The molecule has 0 saturated heterocycles. The highest BCUT2D eigenvalue weighted by Gasteiger charge is 2.42. The van der Waals surface area contributed by atoms with E-state index in [4.69, 9.17) is 4.98 Å². The highest BCUT2D eigenvalue weighted by atomic mass is 16.2. The van der Waals surface area contributed by atoms with Crippen LogP contribution in [-0.2, 0) is 5.54 Å². The second kappa shape index (κ2) is 9.00. The minimum Gasteiger partial charge on any atom is -0.370 e. The summed E-state index contributed by atoms with van der Waals surface area (Å²) >= 11 is 0. The summed E-state index contributed by atoms with van der Waals surface area (Å²) in [6.45, 7) is 7.17. The number of nitrogens with zero attached hydrogens (tertiary/aromatic N) is 5. The Bertz CT molecular complexity index is 1130. The molecule has 1 spiro atoms. The number of anilines is 3. The second-order valence-electron chi connectivity index (χ2n) is 9.32. The minimum absolute atomic E-state index is 0.0306. The minimum atomic E-state index is -0.0717. The molecule has 3 aromatic heterocycles. The molecule has 1 amide bonds. The number of nitrogens with one attached hydrogen (secondary N) is 2. The van der Waals surface area contributed by atoms with Gasteiger partial charge in [-0.15, -0.1) is 0 Å². The van der Waals surface area contributed by atoms with Gasteiger partial charge >= 0.3 is 0 Å². The fourth-order valence-electron chi connectivity index (χ4n) is 5.29. The van der Waals surface area contributed by atoms with Crippen LogP contribution in [-0.4, -0.2) is 45.1 Å². The first-order valence-electron chi connectivity index (χ1n) is 12.3. The van der Waals surface area contributed by atoms with Crippen LogP contribution in [0.4, 0.5) is 17.5 Å². The van der Waals surface area contributed by atoms with Gasteiger partial charge in [0.05, 0.1) is 17.4 Å². The predicted molar refractivity (Wildman–Crippen MR) is 131 cm³/mol. The Hall–Kier alpha value is -3.16. The molecule has 0 atom stereocenters. The molecule has 8 nitrogen and oxygen atoms in total. The van der Waals surface area contributed by atoms with E-state index >= 15 is 0 Å². The third kappa shape index (κ3) is 4.03. The highest BCUT2D eigenvalue weighted by molar-refractivity contribution is 5.99. The molecule has 33 heavy (non-hydrogen) atoms. The van der Waals surface area contributed by atoms with Crippen LogP contribution in [0.1, 0.15) is 69.3 Å². The van der Waals surface area contributed by atoms with E-state index in [-0.39, 0.29) is 11.4 Å². The molecule has 3 aromatic rings. The third-order valence-corrected chi connectivity index (χ3v) is 6.99. The molecule has 0 unspecified atom stereocenters. The normalized spacial score (nSPS) is 16.7. The molecule has 2 aliphatic rings. The van der Waals surface area contributed by atoms with Crippen molar-refractivity contribution < 1.29 is 4.79 Å². The summed E-state index contributed by atoms with van der Waals surface area (Å²) in [7, 11) is 0. The van der Waals surface area contributed by atoms with E-state index in [2.05, 4.69) is 50.0 Å². The summed E-state index contributed by atoms with van der Waals surface area (Å²) in [6, 6.07) is 6.01. The number of rotatable bonds is 8. The molecular formula is C25H33N7O. The lowest BCUT2D eigenvalue weighted by Gasteiger charge is -2.37. The number of unbranched alkanes of at least 4 members (excludes halogenated alkanes) is 1. The Morgan fingerprint density at radius 1 is 1.12 bits per heavy atom. The zero-order chi connectivity index (χ0) is 22.8. The van der Waals surface area contributed by atoms with Gasteiger partial charge in [0, 0.05) is 31.2 Å². The second-order valence-corrected chi connectivity index (χ2v) is 9.32. The van der Waals surface area contributed by atoms with Crippen LogP contribution < -0.4 is 15.5 Å². The third-order valence-electron chi connectivity index (χ3n) is 6.99. The number of pyridine rings is 1. The SMILES string of the molecule is CCCCN(CCC)c1ccc(Nc2ncc3cc4n(c3n2)C2(CCCC2)CNC4=O)nc1. The zero-order valence-corrected chi connectivity index (χ0v) is 19.6. The number of hydrogen-bond acceptors (Lipinski definition) is 6. The summed E-state index contributed by atoms with van der Waals surface area (Å²) < 4.78 is 2.17. The van der Waals surface area contributed by atoms with Crippen molar-refractivity contribution in [2.24, 2.45) is 0 Å². The molecule has 5 rings (SSSR count). The van der Waals surface area contributed by atoms with Gasteiger partial charge < -0.3 is 20.1 Å². The van der Waals surface area contributed by atoms with Gasteiger partial charge in [0.15, 0.2) is 0 Å². The summed E-state index contributed by atoms with van der Waals surface area (Å²) in [4.78, 5) is 28.9. The van der Waals surface area contributed by atoms with Crippen molar-refractivity contribution in [3.05, 3.63) is 36.3 Å². The monoisotopic (exact) mass is 447 g/mol. The van der Waals surface area contributed by atoms with Crippen LogP contribution in [0.15, 0.2) is 30.6 Å². The largest absolute Gasteiger partial charge is 0.370 e. The van der Waals surface area contributed by atoms with Crippen LogP contribution in [0.5, 0.6) is 0 Å². The lowest BCUT2D eigenvalue weighted by molar-refractivity contribution is 0.0876. The van der Waals surface area contributed by atoms with Crippen molar-refractivity contribution >= 4 is 34.4 Å². The molecule has 4 heterocycles. The number of hydrogen-bond donors (Lipinski definition) is 2. The van der Waals surface area contributed by atoms with E-state index in [1.54, 1.807) is 6.20 Å². The first kappa shape index (κ1) is 21.7. The maximum Gasteiger partial charge on any atom is 0.268 e. The lowest BCUT2D eigenvalue weighted by atomic mass is 9.94. The summed E-state index contributed by atoms with van der Waals surface area (Å²) in [5.41, 5.74) is 2.58. The first-order chi connectivity index (χ1) is 16.1. The zero-order valence-electron chi connectivity index (χ0n) is 19.6. The van der Waals surface area contributed by atoms with Crippen LogP contribution in [0, 0.1) is 0 Å². The lowest BCUT2D eigenvalue weighted by Crippen LogP contribution is -2.50. The molecule has 8 heteroatoms. The Labute approximate surface area is 194 Å². The van der Waals surface area contributed by atoms with Gasteiger partial charge in [-0.1, -0.05) is 33.1 Å². The highest BCUT2D eigenvalue weighted by Crippen LogP contribution is 2.41. The summed E-state index contributed by atoms with van der Waals surface area (Å²) in [5, 5.41) is 7.24. The summed E-state index contributed by atoms with van der Waals surface area (Å²) in [6.07, 6.45) is 11.7. The fraction of sp³-hybridized carbons (Fsp3) is 0.520. The maximum atomic E-state index is 12.6. The number of carbonyl (C=O) groups is 1. The molecule has 174 valence electrons. The fourth-order valence-corrected chi connectivity index (χ4v) is 5.29. The van der Waals surface area contributed by atoms with E-state index in [1.807, 2.05) is 18.3 Å². The van der Waals surface area contributed by atoms with Gasteiger partial charge in [-0.25, -0.2) is 9.97 Å².